The van der Waals surface area contributed by atoms with Crippen LogP contribution in [0, 0.1) is 0 Å². The third kappa shape index (κ3) is 3.80. The molecule has 0 saturated heterocycles. The van der Waals surface area contributed by atoms with Crippen molar-refractivity contribution in [3.8, 4) is 17.2 Å². The van der Waals surface area contributed by atoms with Crippen molar-refractivity contribution in [2.24, 2.45) is 0 Å². The maximum absolute atomic E-state index is 12.7. The number of hydrogen-bond acceptors (Lipinski definition) is 4. The number of benzene rings is 2. The van der Waals surface area contributed by atoms with Crippen LogP contribution in [0.4, 0.5) is 14.5 Å². The number of alkyl halides is 2. The molecule has 26 heavy (non-hydrogen) atoms. The molecule has 0 aliphatic carbocycles. The van der Waals surface area contributed by atoms with Crippen molar-refractivity contribution < 1.29 is 23.0 Å². The molecule has 6 nitrogen and oxygen atoms in total. The summed E-state index contributed by atoms with van der Waals surface area (Å²) in [5, 5.41) is 6.76. The van der Waals surface area contributed by atoms with Crippen LogP contribution in [0.2, 0.25) is 0 Å². The minimum atomic E-state index is -3.08. The fourth-order valence-electron chi connectivity index (χ4n) is 2.38. The highest BCUT2D eigenvalue weighted by atomic mass is 19.3. The van der Waals surface area contributed by atoms with Crippen LogP contribution in [-0.4, -0.2) is 29.4 Å². The standard InChI is InChI=1S/C18H15F2N3O3/c1-25-15-5-2-4-14(16(15)26-18(19)20)17(24)22-12-6-8-13(9-7-12)23-11-3-10-21-23/h2-11,18H,1H3,(H,22,24). The predicted molar refractivity (Wildman–Crippen MR) is 91.1 cm³/mol. The van der Waals surface area contributed by atoms with E-state index in [-0.39, 0.29) is 17.1 Å². The van der Waals surface area contributed by atoms with Crippen molar-refractivity contribution in [3.63, 3.8) is 0 Å². The second kappa shape index (κ2) is 7.64. The van der Waals surface area contributed by atoms with Crippen LogP contribution >= 0.6 is 0 Å². The molecule has 0 unspecified atom stereocenters. The number of ether oxygens (including phenoxy) is 2. The van der Waals surface area contributed by atoms with Crippen LogP contribution in [0.15, 0.2) is 60.9 Å². The number of amides is 1. The summed E-state index contributed by atoms with van der Waals surface area (Å²) >= 11 is 0. The molecule has 0 aliphatic heterocycles. The molecule has 1 N–H and O–H groups in total. The van der Waals surface area contributed by atoms with Gasteiger partial charge in [0.25, 0.3) is 5.91 Å². The van der Waals surface area contributed by atoms with Gasteiger partial charge in [-0.2, -0.15) is 13.9 Å². The van der Waals surface area contributed by atoms with Crippen LogP contribution < -0.4 is 14.8 Å². The van der Waals surface area contributed by atoms with Gasteiger partial charge in [0.15, 0.2) is 11.5 Å². The molecule has 0 atom stereocenters. The van der Waals surface area contributed by atoms with Crippen LogP contribution in [0.5, 0.6) is 11.5 Å². The highest BCUT2D eigenvalue weighted by Crippen LogP contribution is 2.33. The Morgan fingerprint density at radius 3 is 2.54 bits per heavy atom. The summed E-state index contributed by atoms with van der Waals surface area (Å²) < 4.78 is 36.5. The Labute approximate surface area is 148 Å². The second-order valence-corrected chi connectivity index (χ2v) is 5.17. The summed E-state index contributed by atoms with van der Waals surface area (Å²) in [6, 6.07) is 13.0. The molecule has 134 valence electrons. The third-order valence-electron chi connectivity index (χ3n) is 3.54. The van der Waals surface area contributed by atoms with Gasteiger partial charge in [0.05, 0.1) is 18.4 Å². The number of carbonyl (C=O) groups is 1. The lowest BCUT2D eigenvalue weighted by Gasteiger charge is -2.14. The number of nitrogens with one attached hydrogen (secondary N) is 1. The van der Waals surface area contributed by atoms with Crippen molar-refractivity contribution in [2.45, 2.75) is 6.61 Å². The van der Waals surface area contributed by atoms with Crippen LogP contribution in [-0.2, 0) is 0 Å². The van der Waals surface area contributed by atoms with Gasteiger partial charge in [0.1, 0.15) is 0 Å². The topological polar surface area (TPSA) is 65.4 Å². The van der Waals surface area contributed by atoms with E-state index < -0.39 is 12.5 Å². The average Bonchev–Trinajstić information content (AvgIpc) is 3.16. The highest BCUT2D eigenvalue weighted by molar-refractivity contribution is 6.06. The van der Waals surface area contributed by atoms with Crippen molar-refractivity contribution in [3.05, 3.63) is 66.5 Å². The molecule has 0 saturated carbocycles. The lowest BCUT2D eigenvalue weighted by Crippen LogP contribution is -2.15. The first-order valence-corrected chi connectivity index (χ1v) is 7.61. The van der Waals surface area contributed by atoms with Gasteiger partial charge in [-0.25, -0.2) is 4.68 Å². The zero-order valence-electron chi connectivity index (χ0n) is 13.7. The third-order valence-corrected chi connectivity index (χ3v) is 3.54. The minimum absolute atomic E-state index is 0.0481. The molecule has 8 heteroatoms. The van der Waals surface area contributed by atoms with Crippen molar-refractivity contribution in [1.82, 2.24) is 9.78 Å². The lowest BCUT2D eigenvalue weighted by molar-refractivity contribution is -0.0515. The van der Waals surface area contributed by atoms with Gasteiger partial charge in [0, 0.05) is 18.1 Å². The van der Waals surface area contributed by atoms with Crippen LogP contribution in [0.1, 0.15) is 10.4 Å². The number of rotatable bonds is 6. The van der Waals surface area contributed by atoms with E-state index in [9.17, 15) is 13.6 Å². The van der Waals surface area contributed by atoms with E-state index in [4.69, 9.17) is 4.74 Å². The summed E-state index contributed by atoms with van der Waals surface area (Å²) in [7, 11) is 1.31. The van der Waals surface area contributed by atoms with Gasteiger partial charge in [0.2, 0.25) is 0 Å². The van der Waals surface area contributed by atoms with Gasteiger partial charge >= 0.3 is 6.61 Å². The Morgan fingerprint density at radius 1 is 1.15 bits per heavy atom. The molecular weight excluding hydrogens is 344 g/mol. The molecule has 2 aromatic carbocycles. The van der Waals surface area contributed by atoms with E-state index in [1.165, 1.54) is 25.3 Å². The molecule has 0 radical (unpaired) electrons. The molecule has 1 aromatic heterocycles. The first-order chi connectivity index (χ1) is 12.6. The number of anilines is 1. The summed E-state index contributed by atoms with van der Waals surface area (Å²) in [6.45, 7) is -3.08. The molecule has 0 fully saturated rings. The summed E-state index contributed by atoms with van der Waals surface area (Å²) in [6.07, 6.45) is 3.45. The lowest BCUT2D eigenvalue weighted by atomic mass is 10.1. The van der Waals surface area contributed by atoms with Crippen molar-refractivity contribution >= 4 is 11.6 Å². The first kappa shape index (κ1) is 17.4. The van der Waals surface area contributed by atoms with E-state index in [0.29, 0.717) is 5.69 Å². The normalized spacial score (nSPS) is 10.6. The smallest absolute Gasteiger partial charge is 0.387 e. The number of hydrogen-bond donors (Lipinski definition) is 1. The molecular formula is C18H15F2N3O3. The highest BCUT2D eigenvalue weighted by Gasteiger charge is 2.20. The first-order valence-electron chi connectivity index (χ1n) is 7.61. The Hall–Kier alpha value is -3.42. The number of para-hydroxylation sites is 1. The predicted octanol–water partition coefficient (Wildman–Crippen LogP) is 3.73. The molecule has 3 aromatic rings. The molecule has 1 heterocycles. The molecule has 0 bridgehead atoms. The largest absolute Gasteiger partial charge is 0.493 e. The molecule has 0 aliphatic rings. The maximum atomic E-state index is 12.7. The van der Waals surface area contributed by atoms with E-state index in [1.54, 1.807) is 47.4 Å². The summed E-state index contributed by atoms with van der Waals surface area (Å²) in [5.41, 5.74) is 1.26. The second-order valence-electron chi connectivity index (χ2n) is 5.17. The van der Waals surface area contributed by atoms with Crippen LogP contribution in [0.25, 0.3) is 5.69 Å². The molecule has 0 spiro atoms. The number of carbonyl (C=O) groups excluding carboxylic acids is 1. The Balaban J connectivity index is 1.82. The van der Waals surface area contributed by atoms with Gasteiger partial charge in [-0.1, -0.05) is 6.07 Å². The quantitative estimate of drug-likeness (QED) is 0.728. The number of methoxy groups -OCH3 is 1. The Morgan fingerprint density at radius 2 is 1.92 bits per heavy atom. The van der Waals surface area contributed by atoms with E-state index in [1.807, 2.05) is 0 Å². The number of halogens is 2. The molecule has 3 rings (SSSR count). The SMILES string of the molecule is COc1cccc(C(=O)Nc2ccc(-n3cccn3)cc2)c1OC(F)F. The fourth-order valence-corrected chi connectivity index (χ4v) is 2.38. The fraction of sp³-hybridized carbons (Fsp3) is 0.111. The Bertz CT molecular complexity index is 881. The number of nitrogens with zero attached hydrogens (tertiary/aromatic N) is 2. The average molecular weight is 359 g/mol. The van der Waals surface area contributed by atoms with Crippen molar-refractivity contribution in [1.29, 1.82) is 0 Å². The molecule has 1 amide bonds. The van der Waals surface area contributed by atoms with Gasteiger partial charge in [-0.15, -0.1) is 0 Å². The van der Waals surface area contributed by atoms with E-state index in [0.717, 1.165) is 5.69 Å². The van der Waals surface area contributed by atoms with Crippen molar-refractivity contribution in [2.75, 3.05) is 12.4 Å². The van der Waals surface area contributed by atoms with Crippen LogP contribution in [0.3, 0.4) is 0 Å². The zero-order valence-corrected chi connectivity index (χ0v) is 13.7. The van der Waals surface area contributed by atoms with E-state index in [2.05, 4.69) is 15.2 Å². The van der Waals surface area contributed by atoms with E-state index >= 15 is 0 Å². The van der Waals surface area contributed by atoms with Gasteiger partial charge in [-0.3, -0.25) is 4.79 Å². The van der Waals surface area contributed by atoms with Gasteiger partial charge < -0.3 is 14.8 Å². The summed E-state index contributed by atoms with van der Waals surface area (Å²) in [5.74, 6) is -0.853. The minimum Gasteiger partial charge on any atom is -0.493 e. The number of aromatic nitrogens is 2. The zero-order chi connectivity index (χ0) is 18.5. The monoisotopic (exact) mass is 359 g/mol. The Kier molecular flexibility index (Phi) is 5.12. The summed E-state index contributed by atoms with van der Waals surface area (Å²) in [4.78, 5) is 12.5. The maximum Gasteiger partial charge on any atom is 0.387 e. The van der Waals surface area contributed by atoms with Gasteiger partial charge in [-0.05, 0) is 42.5 Å².